The van der Waals surface area contributed by atoms with E-state index in [1.807, 2.05) is 0 Å². The molecule has 1 amide bonds. The van der Waals surface area contributed by atoms with Gasteiger partial charge in [-0.3, -0.25) is 4.79 Å². The van der Waals surface area contributed by atoms with Crippen molar-refractivity contribution in [3.8, 4) is 6.07 Å². The van der Waals surface area contributed by atoms with Crippen LogP contribution in [0.4, 0.5) is 5.69 Å². The molecule has 3 rings (SSSR count). The maximum Gasteiger partial charge on any atom is 0.255 e. The van der Waals surface area contributed by atoms with Crippen LogP contribution in [0.3, 0.4) is 0 Å². The van der Waals surface area contributed by atoms with Crippen LogP contribution in [0.5, 0.6) is 0 Å². The predicted octanol–water partition coefficient (Wildman–Crippen LogP) is 2.03. The summed E-state index contributed by atoms with van der Waals surface area (Å²) in [7, 11) is -3.66. The van der Waals surface area contributed by atoms with Crippen LogP contribution >= 0.6 is 0 Å². The normalized spacial score (nSPS) is 15.1. The van der Waals surface area contributed by atoms with Crippen LogP contribution < -0.4 is 5.32 Å². The van der Waals surface area contributed by atoms with E-state index in [0.717, 1.165) is 5.56 Å². The first-order chi connectivity index (χ1) is 13.0. The molecule has 0 aliphatic carbocycles. The van der Waals surface area contributed by atoms with E-state index in [9.17, 15) is 13.2 Å². The summed E-state index contributed by atoms with van der Waals surface area (Å²) < 4.78 is 32.0. The van der Waals surface area contributed by atoms with Crippen LogP contribution in [0.2, 0.25) is 0 Å². The summed E-state index contributed by atoms with van der Waals surface area (Å²) in [5.74, 6) is -0.401. The highest BCUT2D eigenvalue weighted by Gasteiger charge is 2.26. The molecule has 1 aliphatic rings. The molecule has 8 heteroatoms. The Morgan fingerprint density at radius 1 is 1.15 bits per heavy atom. The van der Waals surface area contributed by atoms with Gasteiger partial charge >= 0.3 is 0 Å². The first-order valence-corrected chi connectivity index (χ1v) is 9.90. The number of anilines is 1. The number of hydrogen-bond donors (Lipinski definition) is 1. The topological polar surface area (TPSA) is 99.5 Å². The highest BCUT2D eigenvalue weighted by Crippen LogP contribution is 2.19. The van der Waals surface area contributed by atoms with Crippen LogP contribution in [0.1, 0.15) is 15.9 Å². The van der Waals surface area contributed by atoms with Gasteiger partial charge in [0.2, 0.25) is 10.0 Å². The molecule has 0 aromatic heterocycles. The van der Waals surface area contributed by atoms with Gasteiger partial charge in [0.25, 0.3) is 5.91 Å². The van der Waals surface area contributed by atoms with Crippen molar-refractivity contribution in [1.29, 1.82) is 5.26 Å². The zero-order chi connectivity index (χ0) is 19.3. The van der Waals surface area contributed by atoms with Crippen molar-refractivity contribution in [2.45, 2.75) is 11.3 Å². The molecule has 140 valence electrons. The molecule has 1 aliphatic heterocycles. The quantitative estimate of drug-likeness (QED) is 0.849. The van der Waals surface area contributed by atoms with Crippen LogP contribution in [-0.4, -0.2) is 44.9 Å². The second kappa shape index (κ2) is 8.31. The molecule has 1 saturated heterocycles. The monoisotopic (exact) mass is 385 g/mol. The van der Waals surface area contributed by atoms with Gasteiger partial charge in [-0.2, -0.15) is 9.57 Å². The Bertz CT molecular complexity index is 959. The van der Waals surface area contributed by atoms with Gasteiger partial charge in [0.05, 0.1) is 30.6 Å². The standard InChI is InChI=1S/C19H19N3O4S/c20-9-8-15-4-6-17(7-5-15)21-19(23)16-2-1-3-18(14-16)27(24,25)22-10-12-26-13-11-22/h1-7,14H,8,10-13H2,(H,21,23). The minimum Gasteiger partial charge on any atom is -0.379 e. The second-order valence-corrected chi connectivity index (χ2v) is 7.97. The molecule has 2 aromatic rings. The van der Waals surface area contributed by atoms with E-state index in [1.165, 1.54) is 16.4 Å². The summed E-state index contributed by atoms with van der Waals surface area (Å²) in [5, 5.41) is 11.4. The predicted molar refractivity (Wildman–Crippen MR) is 99.7 cm³/mol. The number of sulfonamides is 1. The number of morpholine rings is 1. The third kappa shape index (κ3) is 4.52. The Hall–Kier alpha value is -2.73. The fourth-order valence-electron chi connectivity index (χ4n) is 2.73. The Balaban J connectivity index is 1.76. The number of nitrogens with one attached hydrogen (secondary N) is 1. The Labute approximate surface area is 158 Å². The number of carbonyl (C=O) groups excluding carboxylic acids is 1. The summed E-state index contributed by atoms with van der Waals surface area (Å²) in [4.78, 5) is 12.6. The van der Waals surface area contributed by atoms with Gasteiger partial charge in [0, 0.05) is 24.3 Å². The molecule has 7 nitrogen and oxygen atoms in total. The number of nitrogens with zero attached hydrogens (tertiary/aromatic N) is 2. The van der Waals surface area contributed by atoms with Crippen molar-refractivity contribution in [1.82, 2.24) is 4.31 Å². The van der Waals surface area contributed by atoms with E-state index >= 15 is 0 Å². The lowest BCUT2D eigenvalue weighted by atomic mass is 10.1. The minimum atomic E-state index is -3.66. The molecule has 2 aromatic carbocycles. The number of nitriles is 1. The van der Waals surface area contributed by atoms with Crippen molar-refractivity contribution in [3.63, 3.8) is 0 Å². The molecule has 0 saturated carbocycles. The van der Waals surface area contributed by atoms with Gasteiger partial charge in [-0.05, 0) is 35.9 Å². The maximum atomic E-state index is 12.7. The summed E-state index contributed by atoms with van der Waals surface area (Å²) in [6.07, 6.45) is 0.301. The van der Waals surface area contributed by atoms with Crippen molar-refractivity contribution in [2.24, 2.45) is 0 Å². The number of ether oxygens (including phenoxy) is 1. The zero-order valence-electron chi connectivity index (χ0n) is 14.6. The Kier molecular flexibility index (Phi) is 5.86. The summed E-state index contributed by atoms with van der Waals surface area (Å²) >= 11 is 0. The summed E-state index contributed by atoms with van der Waals surface area (Å²) in [6.45, 7) is 1.32. The largest absolute Gasteiger partial charge is 0.379 e. The second-order valence-electron chi connectivity index (χ2n) is 6.03. The maximum absolute atomic E-state index is 12.7. The molecular formula is C19H19N3O4S. The Morgan fingerprint density at radius 2 is 1.85 bits per heavy atom. The van der Waals surface area contributed by atoms with Gasteiger partial charge in [0.15, 0.2) is 0 Å². The molecule has 0 radical (unpaired) electrons. The lowest BCUT2D eigenvalue weighted by molar-refractivity contribution is 0.0730. The number of benzene rings is 2. The molecule has 27 heavy (non-hydrogen) atoms. The van der Waals surface area contributed by atoms with Crippen LogP contribution in [0.25, 0.3) is 0 Å². The Morgan fingerprint density at radius 3 is 2.52 bits per heavy atom. The summed E-state index contributed by atoms with van der Waals surface area (Å²) in [5.41, 5.74) is 1.68. The van der Waals surface area contributed by atoms with Gasteiger partial charge < -0.3 is 10.1 Å². The smallest absolute Gasteiger partial charge is 0.255 e. The molecule has 0 bridgehead atoms. The average molecular weight is 385 g/mol. The number of amides is 1. The van der Waals surface area contributed by atoms with Crippen LogP contribution in [-0.2, 0) is 21.2 Å². The average Bonchev–Trinajstić information content (AvgIpc) is 2.70. The fraction of sp³-hybridized carbons (Fsp3) is 0.263. The van der Waals surface area contributed by atoms with E-state index in [2.05, 4.69) is 11.4 Å². The third-order valence-electron chi connectivity index (χ3n) is 4.20. The van der Waals surface area contributed by atoms with Crippen LogP contribution in [0, 0.1) is 11.3 Å². The van der Waals surface area contributed by atoms with E-state index in [1.54, 1.807) is 36.4 Å². The highest BCUT2D eigenvalue weighted by atomic mass is 32.2. The number of carbonyl (C=O) groups is 1. The number of rotatable bonds is 5. The zero-order valence-corrected chi connectivity index (χ0v) is 15.4. The molecular weight excluding hydrogens is 366 g/mol. The summed E-state index contributed by atoms with van der Waals surface area (Å²) in [6, 6.07) is 15.0. The molecule has 1 fully saturated rings. The molecule has 1 heterocycles. The van der Waals surface area contributed by atoms with Gasteiger partial charge in [-0.25, -0.2) is 8.42 Å². The fourth-order valence-corrected chi connectivity index (χ4v) is 4.19. The third-order valence-corrected chi connectivity index (χ3v) is 6.09. The van der Waals surface area contributed by atoms with Crippen molar-refractivity contribution in [3.05, 3.63) is 59.7 Å². The van der Waals surface area contributed by atoms with Crippen LogP contribution in [0.15, 0.2) is 53.4 Å². The van der Waals surface area contributed by atoms with Gasteiger partial charge in [-0.1, -0.05) is 18.2 Å². The van der Waals surface area contributed by atoms with Crippen molar-refractivity contribution < 1.29 is 17.9 Å². The first kappa shape index (κ1) is 19.0. The first-order valence-electron chi connectivity index (χ1n) is 8.46. The molecule has 0 unspecified atom stereocenters. The van der Waals surface area contributed by atoms with Crippen molar-refractivity contribution in [2.75, 3.05) is 31.6 Å². The van der Waals surface area contributed by atoms with E-state index in [-0.39, 0.29) is 10.5 Å². The lowest BCUT2D eigenvalue weighted by Crippen LogP contribution is -2.40. The SMILES string of the molecule is N#CCc1ccc(NC(=O)c2cccc(S(=O)(=O)N3CCOCC3)c2)cc1. The highest BCUT2D eigenvalue weighted by molar-refractivity contribution is 7.89. The lowest BCUT2D eigenvalue weighted by Gasteiger charge is -2.26. The van der Waals surface area contributed by atoms with Gasteiger partial charge in [-0.15, -0.1) is 0 Å². The van der Waals surface area contributed by atoms with Gasteiger partial charge in [0.1, 0.15) is 0 Å². The van der Waals surface area contributed by atoms with E-state index in [4.69, 9.17) is 10.00 Å². The minimum absolute atomic E-state index is 0.0846. The molecule has 0 spiro atoms. The molecule has 1 N–H and O–H groups in total. The number of hydrogen-bond acceptors (Lipinski definition) is 5. The van der Waals surface area contributed by atoms with E-state index in [0.29, 0.717) is 38.4 Å². The molecule has 0 atom stereocenters. The van der Waals surface area contributed by atoms with Crippen molar-refractivity contribution >= 4 is 21.6 Å². The van der Waals surface area contributed by atoms with E-state index < -0.39 is 15.9 Å².